The molecule has 2 N–H and O–H groups in total. The molecule has 1 aromatic heterocycles. The first kappa shape index (κ1) is 13.9. The average Bonchev–Trinajstić information content (AvgIpc) is 2.88. The molecule has 0 aliphatic carbocycles. The van der Waals surface area contributed by atoms with Crippen LogP contribution in [0.15, 0.2) is 48.8 Å². The monoisotopic (exact) mass is 295 g/mol. The summed E-state index contributed by atoms with van der Waals surface area (Å²) in [5.41, 5.74) is 1.89. The molecule has 2 amide bonds. The molecule has 2 heterocycles. The molecule has 6 nitrogen and oxygen atoms in total. The second kappa shape index (κ2) is 5.77. The molecule has 0 fully saturated rings. The van der Waals surface area contributed by atoms with Crippen molar-refractivity contribution in [3.8, 4) is 0 Å². The van der Waals surface area contributed by atoms with Crippen molar-refractivity contribution in [3.05, 3.63) is 59.9 Å². The number of ketones is 1. The Hall–Kier alpha value is -3.02. The van der Waals surface area contributed by atoms with Gasteiger partial charge < -0.3 is 10.6 Å². The average molecular weight is 295 g/mol. The number of nitrogens with zero attached hydrogens (tertiary/aromatic N) is 1. The van der Waals surface area contributed by atoms with Gasteiger partial charge in [0.25, 0.3) is 5.91 Å². The van der Waals surface area contributed by atoms with E-state index in [0.717, 1.165) is 5.56 Å². The van der Waals surface area contributed by atoms with E-state index in [-0.39, 0.29) is 6.54 Å². The molecule has 0 spiro atoms. The molecule has 22 heavy (non-hydrogen) atoms. The molecule has 0 radical (unpaired) electrons. The van der Waals surface area contributed by atoms with Crippen molar-refractivity contribution >= 4 is 23.3 Å². The van der Waals surface area contributed by atoms with E-state index < -0.39 is 23.5 Å². The first-order valence-corrected chi connectivity index (χ1v) is 6.77. The predicted octanol–water partition coefficient (Wildman–Crippen LogP) is 1.00. The first-order chi connectivity index (χ1) is 10.7. The summed E-state index contributed by atoms with van der Waals surface area (Å²) in [7, 11) is 0. The number of pyridine rings is 1. The van der Waals surface area contributed by atoms with Crippen LogP contribution >= 0.6 is 0 Å². The van der Waals surface area contributed by atoms with Crippen LogP contribution in [0.2, 0.25) is 0 Å². The van der Waals surface area contributed by atoms with Crippen LogP contribution in [0.1, 0.15) is 17.0 Å². The molecule has 2 aromatic rings. The van der Waals surface area contributed by atoms with Gasteiger partial charge in [-0.25, -0.2) is 0 Å². The molecule has 1 atom stereocenters. The highest BCUT2D eigenvalue weighted by Gasteiger charge is 2.39. The van der Waals surface area contributed by atoms with Crippen LogP contribution in [0.3, 0.4) is 0 Å². The van der Waals surface area contributed by atoms with Gasteiger partial charge in [0.05, 0.1) is 0 Å². The highest BCUT2D eigenvalue weighted by Crippen LogP contribution is 2.32. The Balaban J connectivity index is 1.71. The SMILES string of the molecule is O=C(NCc1cccnc1)C(=O)[C@@H]1C(=O)Nc2ccccc21. The van der Waals surface area contributed by atoms with Crippen molar-refractivity contribution in [2.24, 2.45) is 0 Å². The Morgan fingerprint density at radius 2 is 2.00 bits per heavy atom. The fraction of sp³-hybridized carbons (Fsp3) is 0.125. The summed E-state index contributed by atoms with van der Waals surface area (Å²) in [6.07, 6.45) is 3.22. The van der Waals surface area contributed by atoms with Crippen molar-refractivity contribution in [1.29, 1.82) is 0 Å². The molecule has 1 aliphatic rings. The maximum absolute atomic E-state index is 12.3. The Labute approximate surface area is 126 Å². The van der Waals surface area contributed by atoms with Crippen LogP contribution in [-0.2, 0) is 20.9 Å². The van der Waals surface area contributed by atoms with Gasteiger partial charge in [0, 0.05) is 24.6 Å². The molecule has 0 unspecified atom stereocenters. The van der Waals surface area contributed by atoms with Crippen LogP contribution in [0.4, 0.5) is 5.69 Å². The van der Waals surface area contributed by atoms with Gasteiger partial charge in [-0.2, -0.15) is 0 Å². The zero-order valence-corrected chi connectivity index (χ0v) is 11.6. The summed E-state index contributed by atoms with van der Waals surface area (Å²) in [5, 5.41) is 5.13. The fourth-order valence-electron chi connectivity index (χ4n) is 2.37. The van der Waals surface area contributed by atoms with Crippen molar-refractivity contribution in [3.63, 3.8) is 0 Å². The van der Waals surface area contributed by atoms with E-state index in [1.807, 2.05) is 0 Å². The third-order valence-corrected chi connectivity index (χ3v) is 3.45. The Morgan fingerprint density at radius 1 is 1.18 bits per heavy atom. The highest BCUT2D eigenvalue weighted by atomic mass is 16.2. The number of hydrogen-bond acceptors (Lipinski definition) is 4. The highest BCUT2D eigenvalue weighted by molar-refractivity contribution is 6.44. The molecule has 0 saturated carbocycles. The number of rotatable bonds is 4. The van der Waals surface area contributed by atoms with E-state index in [1.54, 1.807) is 48.8 Å². The maximum atomic E-state index is 12.3. The second-order valence-corrected chi connectivity index (χ2v) is 4.92. The van der Waals surface area contributed by atoms with Crippen LogP contribution in [0.25, 0.3) is 0 Å². The Morgan fingerprint density at radius 3 is 2.77 bits per heavy atom. The summed E-state index contributed by atoms with van der Waals surface area (Å²) >= 11 is 0. The number of anilines is 1. The smallest absolute Gasteiger partial charge is 0.288 e. The number of nitrogens with one attached hydrogen (secondary N) is 2. The quantitative estimate of drug-likeness (QED) is 0.650. The zero-order chi connectivity index (χ0) is 15.5. The van der Waals surface area contributed by atoms with Gasteiger partial charge in [-0.15, -0.1) is 0 Å². The predicted molar refractivity (Wildman–Crippen MR) is 78.9 cm³/mol. The molecular formula is C16H13N3O3. The second-order valence-electron chi connectivity index (χ2n) is 4.92. The largest absolute Gasteiger partial charge is 0.345 e. The van der Waals surface area contributed by atoms with E-state index in [2.05, 4.69) is 15.6 Å². The summed E-state index contributed by atoms with van der Waals surface area (Å²) in [6, 6.07) is 10.4. The van der Waals surface area contributed by atoms with Gasteiger partial charge >= 0.3 is 0 Å². The summed E-state index contributed by atoms with van der Waals surface area (Å²) in [6.45, 7) is 0.189. The first-order valence-electron chi connectivity index (χ1n) is 6.77. The number of carbonyl (C=O) groups excluding carboxylic acids is 3. The van der Waals surface area contributed by atoms with Crippen LogP contribution in [0.5, 0.6) is 0 Å². The van der Waals surface area contributed by atoms with Crippen LogP contribution < -0.4 is 10.6 Å². The third-order valence-electron chi connectivity index (χ3n) is 3.45. The van der Waals surface area contributed by atoms with E-state index in [0.29, 0.717) is 11.3 Å². The summed E-state index contributed by atoms with van der Waals surface area (Å²) in [5.74, 6) is -3.08. The maximum Gasteiger partial charge on any atom is 0.288 e. The van der Waals surface area contributed by atoms with Gasteiger partial charge in [0.2, 0.25) is 11.7 Å². The molecular weight excluding hydrogens is 282 g/mol. The fourth-order valence-corrected chi connectivity index (χ4v) is 2.37. The number of fused-ring (bicyclic) bond motifs is 1. The van der Waals surface area contributed by atoms with Gasteiger partial charge in [0.1, 0.15) is 5.92 Å². The van der Waals surface area contributed by atoms with Crippen LogP contribution in [0, 0.1) is 0 Å². The Kier molecular flexibility index (Phi) is 3.65. The topological polar surface area (TPSA) is 88.2 Å². The zero-order valence-electron chi connectivity index (χ0n) is 11.6. The number of Topliss-reactive ketones (excluding diaryl/α,β-unsaturated/α-hetero) is 1. The standard InChI is InChI=1S/C16H13N3O3/c20-14(16(22)18-9-10-4-3-7-17-8-10)13-11-5-1-2-6-12(11)19-15(13)21/h1-8,13H,9H2,(H,18,22)(H,19,21)/t13-/m1/s1. The molecule has 6 heteroatoms. The lowest BCUT2D eigenvalue weighted by Gasteiger charge is -2.08. The molecule has 0 bridgehead atoms. The number of amides is 2. The number of aromatic nitrogens is 1. The van der Waals surface area contributed by atoms with Crippen molar-refractivity contribution in [1.82, 2.24) is 10.3 Å². The van der Waals surface area contributed by atoms with Crippen molar-refractivity contribution in [2.75, 3.05) is 5.32 Å². The Bertz CT molecular complexity index is 743. The summed E-state index contributed by atoms with van der Waals surface area (Å²) < 4.78 is 0. The number of benzene rings is 1. The molecule has 0 saturated heterocycles. The molecule has 1 aliphatic heterocycles. The van der Waals surface area contributed by atoms with E-state index in [4.69, 9.17) is 0 Å². The van der Waals surface area contributed by atoms with Gasteiger partial charge in [-0.3, -0.25) is 19.4 Å². The third kappa shape index (κ3) is 2.58. The van der Waals surface area contributed by atoms with E-state index in [9.17, 15) is 14.4 Å². The minimum atomic E-state index is -1.08. The van der Waals surface area contributed by atoms with Gasteiger partial charge in [-0.1, -0.05) is 24.3 Å². The van der Waals surface area contributed by atoms with Gasteiger partial charge in [0.15, 0.2) is 0 Å². The lowest BCUT2D eigenvalue weighted by molar-refractivity contribution is -0.140. The van der Waals surface area contributed by atoms with Crippen molar-refractivity contribution < 1.29 is 14.4 Å². The van der Waals surface area contributed by atoms with E-state index >= 15 is 0 Å². The molecule has 110 valence electrons. The number of para-hydroxylation sites is 1. The van der Waals surface area contributed by atoms with Gasteiger partial charge in [-0.05, 0) is 23.3 Å². The number of carbonyl (C=O) groups is 3. The minimum absolute atomic E-state index is 0.189. The lowest BCUT2D eigenvalue weighted by atomic mass is 9.95. The lowest BCUT2D eigenvalue weighted by Crippen LogP contribution is -2.36. The normalized spacial score (nSPS) is 15.8. The van der Waals surface area contributed by atoms with Crippen molar-refractivity contribution in [2.45, 2.75) is 12.5 Å². The summed E-state index contributed by atoms with van der Waals surface area (Å²) in [4.78, 5) is 40.1. The molecule has 1 aromatic carbocycles. The molecule has 3 rings (SSSR count). The number of hydrogen-bond donors (Lipinski definition) is 2. The van der Waals surface area contributed by atoms with E-state index in [1.165, 1.54) is 0 Å². The minimum Gasteiger partial charge on any atom is -0.345 e. The van der Waals surface area contributed by atoms with Crippen LogP contribution in [-0.4, -0.2) is 22.6 Å².